The molecule has 0 spiro atoms. The normalized spacial score (nSPS) is 23.8. The van der Waals surface area contributed by atoms with Crippen LogP contribution in [0.3, 0.4) is 0 Å². The Morgan fingerprint density at radius 2 is 2.25 bits per heavy atom. The van der Waals surface area contributed by atoms with E-state index in [4.69, 9.17) is 16.3 Å². The van der Waals surface area contributed by atoms with Gasteiger partial charge in [0.05, 0.1) is 22.5 Å². The lowest BCUT2D eigenvalue weighted by Crippen LogP contribution is -2.34. The summed E-state index contributed by atoms with van der Waals surface area (Å²) in [6.07, 6.45) is 2.17. The average molecular weight is 297 g/mol. The summed E-state index contributed by atoms with van der Waals surface area (Å²) in [6, 6.07) is 4.99. The van der Waals surface area contributed by atoms with Gasteiger partial charge < -0.3 is 9.30 Å². The van der Waals surface area contributed by atoms with Crippen molar-refractivity contribution in [3.05, 3.63) is 29.8 Å². The lowest BCUT2D eigenvalue weighted by molar-refractivity contribution is -0.0193. The Balaban J connectivity index is 1.99. The molecule has 1 aliphatic rings. The summed E-state index contributed by atoms with van der Waals surface area (Å²) < 4.78 is 21.2. The van der Waals surface area contributed by atoms with Crippen LogP contribution >= 0.6 is 11.6 Å². The van der Waals surface area contributed by atoms with Crippen LogP contribution in [0, 0.1) is 5.82 Å². The maximum absolute atomic E-state index is 13.5. The Hall–Kier alpha value is -1.13. The molecule has 5 heteroatoms. The molecule has 0 saturated heterocycles. The number of fused-ring (bicyclic) bond motifs is 1. The number of rotatable bonds is 4. The fourth-order valence-corrected chi connectivity index (χ4v) is 3.02. The highest BCUT2D eigenvalue weighted by Crippen LogP contribution is 2.39. The summed E-state index contributed by atoms with van der Waals surface area (Å²) in [4.78, 5) is 4.55. The van der Waals surface area contributed by atoms with Crippen molar-refractivity contribution in [2.75, 3.05) is 6.61 Å². The van der Waals surface area contributed by atoms with Gasteiger partial charge in [-0.3, -0.25) is 0 Å². The Kier molecular flexibility index (Phi) is 3.69. The zero-order valence-corrected chi connectivity index (χ0v) is 12.4. The van der Waals surface area contributed by atoms with E-state index in [0.29, 0.717) is 12.1 Å². The molecule has 1 heterocycles. The molecular weight excluding hydrogens is 279 g/mol. The van der Waals surface area contributed by atoms with Crippen LogP contribution in [0.15, 0.2) is 18.2 Å². The predicted octanol–water partition coefficient (Wildman–Crippen LogP) is 4.22. The average Bonchev–Trinajstić information content (AvgIpc) is 2.72. The monoisotopic (exact) mass is 296 g/mol. The van der Waals surface area contributed by atoms with Crippen LogP contribution in [-0.4, -0.2) is 22.3 Å². The SMILES string of the molecule is CCOC1CC(n2c(C(C)Cl)nc3ccc(F)cc32)C1. The molecule has 3 rings (SSSR count). The van der Waals surface area contributed by atoms with E-state index in [1.54, 1.807) is 12.1 Å². The third-order valence-electron chi connectivity index (χ3n) is 3.87. The molecule has 1 aromatic carbocycles. The highest BCUT2D eigenvalue weighted by atomic mass is 35.5. The number of halogens is 2. The van der Waals surface area contributed by atoms with Crippen molar-refractivity contribution in [3.8, 4) is 0 Å². The lowest BCUT2D eigenvalue weighted by atomic mass is 9.88. The molecule has 1 atom stereocenters. The summed E-state index contributed by atoms with van der Waals surface area (Å²) in [6.45, 7) is 4.63. The first-order chi connectivity index (χ1) is 9.60. The fraction of sp³-hybridized carbons (Fsp3) is 0.533. The van der Waals surface area contributed by atoms with E-state index in [-0.39, 0.29) is 11.2 Å². The standard InChI is InChI=1S/C15H18ClFN2O/c1-3-20-12-7-11(8-12)19-14-6-10(17)4-5-13(14)18-15(19)9(2)16/h4-6,9,11-12H,3,7-8H2,1-2H3. The van der Waals surface area contributed by atoms with E-state index in [0.717, 1.165) is 36.3 Å². The van der Waals surface area contributed by atoms with Gasteiger partial charge in [-0.15, -0.1) is 11.6 Å². The van der Waals surface area contributed by atoms with Gasteiger partial charge in [0.2, 0.25) is 0 Å². The number of imidazole rings is 1. The smallest absolute Gasteiger partial charge is 0.127 e. The molecule has 1 unspecified atom stereocenters. The number of hydrogen-bond acceptors (Lipinski definition) is 2. The van der Waals surface area contributed by atoms with Gasteiger partial charge in [0.25, 0.3) is 0 Å². The maximum Gasteiger partial charge on any atom is 0.127 e. The van der Waals surface area contributed by atoms with Gasteiger partial charge in [-0.1, -0.05) is 0 Å². The Morgan fingerprint density at radius 3 is 2.90 bits per heavy atom. The number of alkyl halides is 1. The topological polar surface area (TPSA) is 27.1 Å². The van der Waals surface area contributed by atoms with Crippen molar-refractivity contribution >= 4 is 22.6 Å². The molecule has 2 aromatic rings. The Morgan fingerprint density at radius 1 is 1.50 bits per heavy atom. The molecule has 1 aromatic heterocycles. The van der Waals surface area contributed by atoms with E-state index in [2.05, 4.69) is 9.55 Å². The minimum atomic E-state index is -0.242. The molecule has 0 radical (unpaired) electrons. The van der Waals surface area contributed by atoms with Crippen molar-refractivity contribution < 1.29 is 9.13 Å². The molecule has 0 amide bonds. The summed E-state index contributed by atoms with van der Waals surface area (Å²) >= 11 is 6.23. The Bertz CT molecular complexity index is 620. The van der Waals surface area contributed by atoms with E-state index >= 15 is 0 Å². The predicted molar refractivity (Wildman–Crippen MR) is 77.6 cm³/mol. The zero-order chi connectivity index (χ0) is 14.3. The van der Waals surface area contributed by atoms with Crippen LogP contribution in [0.2, 0.25) is 0 Å². The van der Waals surface area contributed by atoms with Crippen LogP contribution in [0.5, 0.6) is 0 Å². The van der Waals surface area contributed by atoms with Crippen molar-refractivity contribution in [3.63, 3.8) is 0 Å². The van der Waals surface area contributed by atoms with Crippen molar-refractivity contribution in [2.24, 2.45) is 0 Å². The van der Waals surface area contributed by atoms with Gasteiger partial charge in [0.1, 0.15) is 11.6 Å². The van der Waals surface area contributed by atoms with E-state index in [1.807, 2.05) is 13.8 Å². The van der Waals surface area contributed by atoms with Gasteiger partial charge in [0.15, 0.2) is 0 Å². The van der Waals surface area contributed by atoms with Crippen LogP contribution in [0.1, 0.15) is 43.9 Å². The molecule has 108 valence electrons. The zero-order valence-electron chi connectivity index (χ0n) is 11.6. The van der Waals surface area contributed by atoms with E-state index < -0.39 is 0 Å². The molecular formula is C15H18ClFN2O. The lowest BCUT2D eigenvalue weighted by Gasteiger charge is -2.37. The van der Waals surface area contributed by atoms with Crippen LogP contribution in [0.25, 0.3) is 11.0 Å². The van der Waals surface area contributed by atoms with Gasteiger partial charge in [-0.05, 0) is 44.9 Å². The molecule has 0 N–H and O–H groups in total. The minimum absolute atomic E-state index is 0.198. The first kappa shape index (κ1) is 13.8. The molecule has 0 bridgehead atoms. The van der Waals surface area contributed by atoms with E-state index in [1.165, 1.54) is 6.07 Å². The quantitative estimate of drug-likeness (QED) is 0.790. The first-order valence-electron chi connectivity index (χ1n) is 7.03. The number of benzene rings is 1. The molecule has 20 heavy (non-hydrogen) atoms. The Labute approximate surface area is 122 Å². The van der Waals surface area contributed by atoms with Gasteiger partial charge in [-0.2, -0.15) is 0 Å². The number of hydrogen-bond donors (Lipinski definition) is 0. The number of ether oxygens (including phenoxy) is 1. The summed E-state index contributed by atoms with van der Waals surface area (Å²) in [5, 5.41) is -0.198. The number of nitrogens with zero attached hydrogens (tertiary/aromatic N) is 2. The van der Waals surface area contributed by atoms with Crippen LogP contribution in [-0.2, 0) is 4.74 Å². The third-order valence-corrected chi connectivity index (χ3v) is 4.07. The molecule has 0 aliphatic heterocycles. The maximum atomic E-state index is 13.5. The first-order valence-corrected chi connectivity index (χ1v) is 7.46. The molecule has 1 fully saturated rings. The van der Waals surface area contributed by atoms with Crippen LogP contribution < -0.4 is 0 Å². The molecule has 3 nitrogen and oxygen atoms in total. The second-order valence-corrected chi connectivity index (χ2v) is 5.95. The largest absolute Gasteiger partial charge is 0.378 e. The summed E-state index contributed by atoms with van der Waals surface area (Å²) in [5.74, 6) is 0.570. The second kappa shape index (κ2) is 5.34. The van der Waals surface area contributed by atoms with Gasteiger partial charge in [0, 0.05) is 12.6 Å². The summed E-state index contributed by atoms with van der Waals surface area (Å²) in [7, 11) is 0. The highest BCUT2D eigenvalue weighted by Gasteiger charge is 2.34. The molecule has 1 saturated carbocycles. The second-order valence-electron chi connectivity index (χ2n) is 5.29. The van der Waals surface area contributed by atoms with Crippen molar-refractivity contribution in [1.82, 2.24) is 9.55 Å². The fourth-order valence-electron chi connectivity index (χ4n) is 2.87. The van der Waals surface area contributed by atoms with E-state index in [9.17, 15) is 4.39 Å². The highest BCUT2D eigenvalue weighted by molar-refractivity contribution is 6.20. The van der Waals surface area contributed by atoms with Gasteiger partial charge in [-0.25, -0.2) is 9.37 Å². The summed E-state index contributed by atoms with van der Waals surface area (Å²) in [5.41, 5.74) is 1.63. The van der Waals surface area contributed by atoms with Crippen LogP contribution in [0.4, 0.5) is 4.39 Å². The number of aromatic nitrogens is 2. The third kappa shape index (κ3) is 2.31. The van der Waals surface area contributed by atoms with Gasteiger partial charge >= 0.3 is 0 Å². The van der Waals surface area contributed by atoms with Crippen molar-refractivity contribution in [1.29, 1.82) is 0 Å². The molecule has 1 aliphatic carbocycles. The minimum Gasteiger partial charge on any atom is -0.378 e. The van der Waals surface area contributed by atoms with Crippen molar-refractivity contribution in [2.45, 2.75) is 44.2 Å².